The van der Waals surface area contributed by atoms with Crippen molar-refractivity contribution in [3.8, 4) is 11.6 Å². The first kappa shape index (κ1) is 11.1. The summed E-state index contributed by atoms with van der Waals surface area (Å²) in [5.74, 6) is -0.409. The first-order valence-corrected chi connectivity index (χ1v) is 5.24. The molecule has 0 N–H and O–H groups in total. The molecule has 0 aliphatic rings. The van der Waals surface area contributed by atoms with E-state index in [4.69, 9.17) is 5.39 Å². The van der Waals surface area contributed by atoms with Gasteiger partial charge in [0.05, 0.1) is 11.6 Å². The average molecular weight is 228 g/mol. The summed E-state index contributed by atoms with van der Waals surface area (Å²) in [4.78, 5) is 2.96. The van der Waals surface area contributed by atoms with Crippen LogP contribution < -0.4 is 5.11 Å². The lowest BCUT2D eigenvalue weighted by Crippen LogP contribution is -2.03. The van der Waals surface area contributed by atoms with Gasteiger partial charge in [-0.3, -0.25) is 0 Å². The molecule has 5 heteroatoms. The van der Waals surface area contributed by atoms with Crippen LogP contribution in [0.5, 0.6) is 5.88 Å². The molecule has 0 spiro atoms. The number of nitrogens with zero attached hydrogens (tertiary/aromatic N) is 4. The zero-order chi connectivity index (χ0) is 12.6. The Hall–Kier alpha value is -2.35. The highest BCUT2D eigenvalue weighted by Crippen LogP contribution is 2.30. The lowest BCUT2D eigenvalue weighted by atomic mass is 10.1. The number of diazo groups is 1. The topological polar surface area (TPSA) is 69.0 Å². The largest absolute Gasteiger partial charge is 0.853 e. The molecule has 0 atom stereocenters. The fraction of sp³-hybridized carbons (Fsp3) is 0.250. The molecule has 0 radical (unpaired) electrons. The highest BCUT2D eigenvalue weighted by molar-refractivity contribution is 5.58. The van der Waals surface area contributed by atoms with E-state index >= 15 is 0 Å². The van der Waals surface area contributed by atoms with Crippen molar-refractivity contribution in [3.63, 3.8) is 0 Å². The van der Waals surface area contributed by atoms with Crippen LogP contribution in [0.15, 0.2) is 18.2 Å². The van der Waals surface area contributed by atoms with Gasteiger partial charge < -0.3 is 5.11 Å². The number of benzene rings is 1. The lowest BCUT2D eigenvalue weighted by Gasteiger charge is -2.09. The van der Waals surface area contributed by atoms with Crippen molar-refractivity contribution in [2.24, 2.45) is 0 Å². The number of aromatic nitrogens is 2. The van der Waals surface area contributed by atoms with Crippen LogP contribution in [0.25, 0.3) is 10.7 Å². The van der Waals surface area contributed by atoms with Gasteiger partial charge in [-0.1, -0.05) is 6.07 Å². The molecular formula is C12H12N4O. The first-order valence-electron chi connectivity index (χ1n) is 5.24. The summed E-state index contributed by atoms with van der Waals surface area (Å²) in [6.45, 7) is 5.60. The van der Waals surface area contributed by atoms with E-state index in [0.717, 1.165) is 11.1 Å². The predicted octanol–water partition coefficient (Wildman–Crippen LogP) is 2.36. The highest BCUT2D eigenvalue weighted by Gasteiger charge is 2.19. The van der Waals surface area contributed by atoms with Crippen molar-refractivity contribution in [1.29, 1.82) is 5.39 Å². The Bertz CT molecular complexity index is 622. The molecule has 17 heavy (non-hydrogen) atoms. The van der Waals surface area contributed by atoms with Crippen molar-refractivity contribution in [3.05, 3.63) is 40.0 Å². The number of hydrogen-bond acceptors (Lipinski definition) is 3. The van der Waals surface area contributed by atoms with E-state index in [1.807, 2.05) is 32.0 Å². The van der Waals surface area contributed by atoms with Crippen LogP contribution in [0.4, 0.5) is 5.69 Å². The molecule has 0 fully saturated rings. The minimum Gasteiger partial charge on any atom is -0.853 e. The molecule has 1 heterocycles. The summed E-state index contributed by atoms with van der Waals surface area (Å²) in [5.41, 5.74) is 3.31. The number of aryl methyl sites for hydroxylation is 3. The van der Waals surface area contributed by atoms with Gasteiger partial charge >= 0.3 is 5.69 Å². The van der Waals surface area contributed by atoms with Gasteiger partial charge in [0.1, 0.15) is 0 Å². The van der Waals surface area contributed by atoms with Crippen molar-refractivity contribution < 1.29 is 5.11 Å². The zero-order valence-corrected chi connectivity index (χ0v) is 9.93. The third-order valence-corrected chi connectivity index (χ3v) is 2.82. The van der Waals surface area contributed by atoms with Gasteiger partial charge in [0.2, 0.25) is 5.39 Å². The van der Waals surface area contributed by atoms with Gasteiger partial charge in [-0.25, -0.2) is 4.68 Å². The highest BCUT2D eigenvalue weighted by atomic mass is 16.3. The van der Waals surface area contributed by atoms with Crippen LogP contribution in [-0.4, -0.2) is 9.78 Å². The molecule has 0 aliphatic heterocycles. The SMILES string of the molecule is Cc1ccc(-n2nc(C)c([N+]#N)c2[O-])cc1C. The van der Waals surface area contributed by atoms with E-state index in [1.54, 1.807) is 6.92 Å². The van der Waals surface area contributed by atoms with Gasteiger partial charge in [0.25, 0.3) is 0 Å². The molecule has 0 bridgehead atoms. The third-order valence-electron chi connectivity index (χ3n) is 2.82. The molecule has 0 saturated heterocycles. The zero-order valence-electron chi connectivity index (χ0n) is 9.93. The molecule has 2 rings (SSSR count). The Kier molecular flexibility index (Phi) is 2.56. The quantitative estimate of drug-likeness (QED) is 0.703. The first-order chi connectivity index (χ1) is 8.04. The number of rotatable bonds is 1. The van der Waals surface area contributed by atoms with Crippen LogP contribution in [0, 0.1) is 26.2 Å². The molecule has 5 nitrogen and oxygen atoms in total. The second kappa shape index (κ2) is 3.91. The van der Waals surface area contributed by atoms with Crippen molar-refractivity contribution in [1.82, 2.24) is 9.78 Å². The minimum absolute atomic E-state index is 0.0109. The maximum absolute atomic E-state index is 11.9. The van der Waals surface area contributed by atoms with E-state index in [2.05, 4.69) is 10.1 Å². The predicted molar refractivity (Wildman–Crippen MR) is 62.0 cm³/mol. The Morgan fingerprint density at radius 3 is 2.47 bits per heavy atom. The van der Waals surface area contributed by atoms with E-state index < -0.39 is 5.88 Å². The second-order valence-corrected chi connectivity index (χ2v) is 4.02. The van der Waals surface area contributed by atoms with E-state index in [0.29, 0.717) is 11.4 Å². The smallest absolute Gasteiger partial charge is 0.418 e. The Morgan fingerprint density at radius 1 is 1.24 bits per heavy atom. The monoisotopic (exact) mass is 228 g/mol. The number of hydrogen-bond donors (Lipinski definition) is 0. The van der Waals surface area contributed by atoms with Gasteiger partial charge in [-0.2, -0.15) is 5.10 Å². The summed E-state index contributed by atoms with van der Waals surface area (Å²) < 4.78 is 1.25. The minimum atomic E-state index is -0.409. The maximum atomic E-state index is 11.9. The normalized spacial score (nSPS) is 10.2. The summed E-state index contributed by atoms with van der Waals surface area (Å²) in [7, 11) is 0. The van der Waals surface area contributed by atoms with Gasteiger partial charge in [0, 0.05) is 0 Å². The van der Waals surface area contributed by atoms with E-state index in [1.165, 1.54) is 4.68 Å². The Labute approximate surface area is 98.9 Å². The maximum Gasteiger partial charge on any atom is 0.418 e. The summed E-state index contributed by atoms with van der Waals surface area (Å²) in [5, 5.41) is 24.7. The van der Waals surface area contributed by atoms with Gasteiger partial charge in [-0.05, 0) is 44.0 Å². The fourth-order valence-electron chi connectivity index (χ4n) is 1.65. The van der Waals surface area contributed by atoms with Crippen LogP contribution in [-0.2, 0) is 0 Å². The molecule has 86 valence electrons. The van der Waals surface area contributed by atoms with E-state index in [9.17, 15) is 5.11 Å². The summed E-state index contributed by atoms with van der Waals surface area (Å²) in [6.07, 6.45) is 0. The fourth-order valence-corrected chi connectivity index (χ4v) is 1.65. The van der Waals surface area contributed by atoms with Gasteiger partial charge in [0.15, 0.2) is 10.7 Å². The van der Waals surface area contributed by atoms with Gasteiger partial charge in [-0.15, -0.1) is 0 Å². The molecule has 0 saturated carbocycles. The summed E-state index contributed by atoms with van der Waals surface area (Å²) in [6, 6.07) is 5.62. The molecule has 1 aromatic carbocycles. The van der Waals surface area contributed by atoms with Crippen molar-refractivity contribution in [2.75, 3.05) is 0 Å². The average Bonchev–Trinajstić information content (AvgIpc) is 2.58. The van der Waals surface area contributed by atoms with Crippen LogP contribution >= 0.6 is 0 Å². The van der Waals surface area contributed by atoms with Crippen LogP contribution in [0.3, 0.4) is 0 Å². The lowest BCUT2D eigenvalue weighted by molar-refractivity contribution is -0.276. The standard InChI is InChI=1S/C12H12N4O/c1-7-4-5-10(6-8(7)2)16-12(17)11(14-13)9(3)15-16/h4-6H,1-3H3. The molecular weight excluding hydrogens is 216 g/mol. The molecule has 1 aromatic heterocycles. The molecule has 0 amide bonds. The van der Waals surface area contributed by atoms with E-state index in [-0.39, 0.29) is 5.69 Å². The summed E-state index contributed by atoms with van der Waals surface area (Å²) >= 11 is 0. The Balaban J connectivity index is 2.62. The molecule has 0 aliphatic carbocycles. The third kappa shape index (κ3) is 1.74. The Morgan fingerprint density at radius 2 is 1.94 bits per heavy atom. The van der Waals surface area contributed by atoms with Crippen molar-refractivity contribution in [2.45, 2.75) is 20.8 Å². The molecule has 0 unspecified atom stereocenters. The molecule has 2 aromatic rings. The van der Waals surface area contributed by atoms with Crippen molar-refractivity contribution >= 4 is 5.69 Å². The van der Waals surface area contributed by atoms with Crippen LogP contribution in [0.1, 0.15) is 16.8 Å². The second-order valence-electron chi connectivity index (χ2n) is 4.02. The van der Waals surface area contributed by atoms with Crippen LogP contribution in [0.2, 0.25) is 0 Å².